The van der Waals surface area contributed by atoms with Crippen LogP contribution >= 0.6 is 0 Å². The molecule has 0 unspecified atom stereocenters. The monoisotopic (exact) mass is 362 g/mol. The summed E-state index contributed by atoms with van der Waals surface area (Å²) in [6.45, 7) is 4.02. The van der Waals surface area contributed by atoms with Crippen LogP contribution < -0.4 is 5.32 Å². The van der Waals surface area contributed by atoms with Gasteiger partial charge in [0.25, 0.3) is 0 Å². The van der Waals surface area contributed by atoms with Crippen molar-refractivity contribution in [1.82, 2.24) is 15.0 Å². The molecule has 1 fully saturated rings. The van der Waals surface area contributed by atoms with Crippen molar-refractivity contribution in [2.45, 2.75) is 6.54 Å². The van der Waals surface area contributed by atoms with Gasteiger partial charge in [0.1, 0.15) is 0 Å². The Kier molecular flexibility index (Phi) is 5.16. The highest BCUT2D eigenvalue weighted by atomic mass is 16.5. The Morgan fingerprint density at radius 2 is 1.63 bits per heavy atom. The second-order valence-corrected chi connectivity index (χ2v) is 6.62. The Morgan fingerprint density at radius 3 is 2.33 bits per heavy atom. The molecule has 2 aromatic carbocycles. The Morgan fingerprint density at radius 1 is 0.963 bits per heavy atom. The summed E-state index contributed by atoms with van der Waals surface area (Å²) in [5.41, 5.74) is 2.23. The van der Waals surface area contributed by atoms with E-state index in [1.807, 2.05) is 41.3 Å². The number of aromatic nitrogens is 1. The quantitative estimate of drug-likeness (QED) is 0.769. The lowest BCUT2D eigenvalue weighted by Gasteiger charge is -2.34. The molecule has 1 aliphatic heterocycles. The van der Waals surface area contributed by atoms with E-state index in [1.165, 1.54) is 5.56 Å². The summed E-state index contributed by atoms with van der Waals surface area (Å²) in [5.74, 6) is 1.07. The second kappa shape index (κ2) is 8.05. The highest BCUT2D eigenvalue weighted by Gasteiger charge is 2.22. The SMILES string of the molecule is O=C(Nc1cc(-c2ccccc2)on1)N1CCN(Cc2ccccc2)CC1. The van der Waals surface area contributed by atoms with Gasteiger partial charge < -0.3 is 9.42 Å². The molecule has 2 heterocycles. The predicted octanol–water partition coefficient (Wildman–Crippen LogP) is 3.69. The van der Waals surface area contributed by atoms with E-state index in [9.17, 15) is 4.79 Å². The molecule has 0 radical (unpaired) electrons. The maximum Gasteiger partial charge on any atom is 0.323 e. The van der Waals surface area contributed by atoms with Crippen LogP contribution in [0.4, 0.5) is 10.6 Å². The normalized spacial score (nSPS) is 14.9. The van der Waals surface area contributed by atoms with E-state index in [-0.39, 0.29) is 6.03 Å². The third-order valence-electron chi connectivity index (χ3n) is 4.71. The van der Waals surface area contributed by atoms with Crippen molar-refractivity contribution in [2.24, 2.45) is 0 Å². The molecule has 6 nitrogen and oxygen atoms in total. The Labute approximate surface area is 158 Å². The number of anilines is 1. The number of hydrogen-bond acceptors (Lipinski definition) is 4. The number of carbonyl (C=O) groups is 1. The largest absolute Gasteiger partial charge is 0.354 e. The maximum absolute atomic E-state index is 12.5. The number of benzene rings is 2. The molecule has 2 amide bonds. The lowest BCUT2D eigenvalue weighted by Crippen LogP contribution is -2.49. The summed E-state index contributed by atoms with van der Waals surface area (Å²) in [4.78, 5) is 16.7. The lowest BCUT2D eigenvalue weighted by molar-refractivity contribution is 0.143. The fourth-order valence-corrected chi connectivity index (χ4v) is 3.21. The third-order valence-corrected chi connectivity index (χ3v) is 4.71. The Bertz CT molecular complexity index is 871. The summed E-state index contributed by atoms with van der Waals surface area (Å²) < 4.78 is 5.33. The average molecular weight is 362 g/mol. The van der Waals surface area contributed by atoms with Crippen molar-refractivity contribution in [3.8, 4) is 11.3 Å². The summed E-state index contributed by atoms with van der Waals surface area (Å²) in [5, 5.41) is 6.78. The second-order valence-electron chi connectivity index (χ2n) is 6.62. The zero-order chi connectivity index (χ0) is 18.5. The van der Waals surface area contributed by atoms with Crippen LogP contribution in [0.25, 0.3) is 11.3 Å². The van der Waals surface area contributed by atoms with E-state index in [0.29, 0.717) is 24.7 Å². The van der Waals surface area contributed by atoms with Gasteiger partial charge in [0.05, 0.1) is 0 Å². The number of nitrogens with one attached hydrogen (secondary N) is 1. The van der Waals surface area contributed by atoms with E-state index in [2.05, 4.69) is 39.6 Å². The van der Waals surface area contributed by atoms with Gasteiger partial charge in [-0.05, 0) is 5.56 Å². The van der Waals surface area contributed by atoms with Crippen LogP contribution in [-0.4, -0.2) is 47.2 Å². The first-order chi connectivity index (χ1) is 13.3. The average Bonchev–Trinajstić information content (AvgIpc) is 3.18. The molecule has 1 N–H and O–H groups in total. The molecule has 0 saturated carbocycles. The van der Waals surface area contributed by atoms with Crippen molar-refractivity contribution in [1.29, 1.82) is 0 Å². The van der Waals surface area contributed by atoms with Crippen LogP contribution in [0, 0.1) is 0 Å². The first kappa shape index (κ1) is 17.3. The van der Waals surface area contributed by atoms with Crippen LogP contribution in [-0.2, 0) is 6.54 Å². The zero-order valence-corrected chi connectivity index (χ0v) is 15.0. The van der Waals surface area contributed by atoms with E-state index >= 15 is 0 Å². The smallest absolute Gasteiger partial charge is 0.323 e. The number of amides is 2. The molecule has 27 heavy (non-hydrogen) atoms. The van der Waals surface area contributed by atoms with Crippen LogP contribution in [0.3, 0.4) is 0 Å². The number of urea groups is 1. The topological polar surface area (TPSA) is 61.6 Å². The number of piperazine rings is 1. The van der Waals surface area contributed by atoms with Gasteiger partial charge in [-0.15, -0.1) is 0 Å². The van der Waals surface area contributed by atoms with Crippen LogP contribution in [0.15, 0.2) is 71.3 Å². The van der Waals surface area contributed by atoms with Gasteiger partial charge in [-0.2, -0.15) is 0 Å². The standard InChI is InChI=1S/C21H22N4O2/c26-21(22-20-15-19(27-23-20)18-9-5-2-6-10-18)25-13-11-24(12-14-25)16-17-7-3-1-4-8-17/h1-10,15H,11-14,16H2,(H,22,23,26). The molecular formula is C21H22N4O2. The van der Waals surface area contributed by atoms with Crippen molar-refractivity contribution >= 4 is 11.8 Å². The van der Waals surface area contributed by atoms with Gasteiger partial charge in [-0.25, -0.2) is 4.79 Å². The molecule has 0 atom stereocenters. The van der Waals surface area contributed by atoms with Gasteiger partial charge in [0, 0.05) is 44.4 Å². The number of hydrogen-bond donors (Lipinski definition) is 1. The first-order valence-corrected chi connectivity index (χ1v) is 9.12. The Hall–Kier alpha value is -3.12. The van der Waals surface area contributed by atoms with Crippen LogP contribution in [0.1, 0.15) is 5.56 Å². The summed E-state index contributed by atoms with van der Waals surface area (Å²) >= 11 is 0. The van der Waals surface area contributed by atoms with E-state index in [4.69, 9.17) is 4.52 Å². The lowest BCUT2D eigenvalue weighted by atomic mass is 10.2. The number of carbonyl (C=O) groups excluding carboxylic acids is 1. The minimum absolute atomic E-state index is 0.137. The fraction of sp³-hybridized carbons (Fsp3) is 0.238. The molecule has 3 aromatic rings. The minimum Gasteiger partial charge on any atom is -0.354 e. The van der Waals surface area contributed by atoms with Gasteiger partial charge >= 0.3 is 6.03 Å². The highest BCUT2D eigenvalue weighted by Crippen LogP contribution is 2.22. The van der Waals surface area contributed by atoms with E-state index in [1.54, 1.807) is 6.07 Å². The minimum atomic E-state index is -0.137. The molecule has 1 aliphatic rings. The molecule has 0 spiro atoms. The van der Waals surface area contributed by atoms with Crippen LogP contribution in [0.5, 0.6) is 0 Å². The maximum atomic E-state index is 12.5. The molecule has 4 rings (SSSR count). The molecule has 138 valence electrons. The molecular weight excluding hydrogens is 340 g/mol. The summed E-state index contributed by atoms with van der Waals surface area (Å²) in [6.07, 6.45) is 0. The zero-order valence-electron chi connectivity index (χ0n) is 15.0. The predicted molar refractivity (Wildman–Crippen MR) is 104 cm³/mol. The number of rotatable bonds is 4. The van der Waals surface area contributed by atoms with Crippen LogP contribution in [0.2, 0.25) is 0 Å². The van der Waals surface area contributed by atoms with Gasteiger partial charge in [-0.1, -0.05) is 65.8 Å². The third kappa shape index (κ3) is 4.35. The fourth-order valence-electron chi connectivity index (χ4n) is 3.21. The van der Waals surface area contributed by atoms with Gasteiger partial charge in [-0.3, -0.25) is 10.2 Å². The summed E-state index contributed by atoms with van der Waals surface area (Å²) in [7, 11) is 0. The van der Waals surface area contributed by atoms with E-state index < -0.39 is 0 Å². The Balaban J connectivity index is 1.29. The van der Waals surface area contributed by atoms with Crippen molar-refractivity contribution in [2.75, 3.05) is 31.5 Å². The molecule has 1 aromatic heterocycles. The van der Waals surface area contributed by atoms with Crippen molar-refractivity contribution in [3.05, 3.63) is 72.3 Å². The molecule has 0 bridgehead atoms. The van der Waals surface area contributed by atoms with E-state index in [0.717, 1.165) is 25.2 Å². The van der Waals surface area contributed by atoms with Crippen molar-refractivity contribution < 1.29 is 9.32 Å². The van der Waals surface area contributed by atoms with Crippen molar-refractivity contribution in [3.63, 3.8) is 0 Å². The molecule has 0 aliphatic carbocycles. The number of nitrogens with zero attached hydrogens (tertiary/aromatic N) is 3. The molecule has 6 heteroatoms. The van der Waals surface area contributed by atoms with Gasteiger partial charge in [0.15, 0.2) is 11.6 Å². The highest BCUT2D eigenvalue weighted by molar-refractivity contribution is 5.88. The first-order valence-electron chi connectivity index (χ1n) is 9.12. The molecule has 1 saturated heterocycles. The van der Waals surface area contributed by atoms with Gasteiger partial charge in [0.2, 0.25) is 0 Å². The summed E-state index contributed by atoms with van der Waals surface area (Å²) in [6, 6.07) is 21.7.